The fourth-order valence-electron chi connectivity index (χ4n) is 2.81. The number of aliphatic hydroxyl groups is 1. The number of β-amino-alcohol motifs (C(OH)–C–C–N with tert-alkyl or cyclic N) is 1. The van der Waals surface area contributed by atoms with Gasteiger partial charge in [0.25, 0.3) is 5.91 Å². The van der Waals surface area contributed by atoms with E-state index in [1.54, 1.807) is 12.2 Å². The smallest absolute Gasteiger partial charge is 0.269 e. The van der Waals surface area contributed by atoms with E-state index in [0.29, 0.717) is 6.54 Å². The lowest BCUT2D eigenvalue weighted by Crippen LogP contribution is -2.43. The zero-order valence-electron chi connectivity index (χ0n) is 14.1. The van der Waals surface area contributed by atoms with Crippen LogP contribution in [0, 0.1) is 0 Å². The van der Waals surface area contributed by atoms with E-state index in [4.69, 9.17) is 0 Å². The second kappa shape index (κ2) is 9.15. The minimum Gasteiger partial charge on any atom is -0.390 e. The number of carbonyl (C=O) groups is 1. The summed E-state index contributed by atoms with van der Waals surface area (Å²) < 4.78 is 0. The van der Waals surface area contributed by atoms with Gasteiger partial charge in [0.15, 0.2) is 0 Å². The molecule has 1 aliphatic rings. The highest BCUT2D eigenvalue weighted by Gasteiger charge is 2.19. The Morgan fingerprint density at radius 1 is 1.46 bits per heavy atom. The highest BCUT2D eigenvalue weighted by Crippen LogP contribution is 2.18. The van der Waals surface area contributed by atoms with Gasteiger partial charge in [0.1, 0.15) is 5.71 Å². The average Bonchev–Trinajstić information content (AvgIpc) is 2.59. The number of hydrogen-bond donors (Lipinski definition) is 2. The number of nitrogens with one attached hydrogen (secondary N) is 1. The zero-order valence-corrected chi connectivity index (χ0v) is 14.1. The van der Waals surface area contributed by atoms with Crippen molar-refractivity contribution >= 4 is 11.6 Å². The highest BCUT2D eigenvalue weighted by molar-refractivity contribution is 6.43. The first-order chi connectivity index (χ1) is 11.6. The first kappa shape index (κ1) is 18.1. The summed E-state index contributed by atoms with van der Waals surface area (Å²) in [5.74, 6) is -0.309. The summed E-state index contributed by atoms with van der Waals surface area (Å²) in [6.45, 7) is 7.80. The van der Waals surface area contributed by atoms with Gasteiger partial charge in [0.2, 0.25) is 0 Å². The molecule has 0 radical (unpaired) electrons. The average molecular weight is 327 g/mol. The molecule has 0 saturated heterocycles. The number of fused-ring (bicyclic) bond motifs is 1. The number of amides is 1. The maximum absolute atomic E-state index is 12.0. The SMILES string of the molecule is C=CN=C(/C=C\C)C(=O)NC[C@@H](O)CN1CCc2ccccc2C1. The van der Waals surface area contributed by atoms with E-state index in [1.165, 1.54) is 17.3 Å². The van der Waals surface area contributed by atoms with Crippen molar-refractivity contribution in [1.29, 1.82) is 0 Å². The molecule has 1 aromatic carbocycles. The Morgan fingerprint density at radius 3 is 2.92 bits per heavy atom. The molecule has 0 aliphatic carbocycles. The normalized spacial score (nSPS) is 16.7. The lowest BCUT2D eigenvalue weighted by atomic mass is 10.00. The van der Waals surface area contributed by atoms with Crippen LogP contribution in [0.4, 0.5) is 0 Å². The monoisotopic (exact) mass is 327 g/mol. The lowest BCUT2D eigenvalue weighted by Gasteiger charge is -2.30. The van der Waals surface area contributed by atoms with Crippen LogP contribution in [0.15, 0.2) is 54.2 Å². The summed E-state index contributed by atoms with van der Waals surface area (Å²) in [4.78, 5) is 18.2. The summed E-state index contributed by atoms with van der Waals surface area (Å²) in [5, 5.41) is 12.9. The highest BCUT2D eigenvalue weighted by atomic mass is 16.3. The molecular formula is C19H25N3O2. The molecule has 0 bridgehead atoms. The van der Waals surface area contributed by atoms with Crippen LogP contribution in [0.3, 0.4) is 0 Å². The van der Waals surface area contributed by atoms with Crippen molar-refractivity contribution in [3.05, 3.63) is 60.3 Å². The van der Waals surface area contributed by atoms with Gasteiger partial charge in [0.05, 0.1) is 6.10 Å². The molecule has 1 aromatic rings. The molecule has 24 heavy (non-hydrogen) atoms. The van der Waals surface area contributed by atoms with E-state index >= 15 is 0 Å². The van der Waals surface area contributed by atoms with Crippen LogP contribution in [-0.4, -0.2) is 47.4 Å². The van der Waals surface area contributed by atoms with Crippen molar-refractivity contribution in [2.75, 3.05) is 19.6 Å². The molecule has 0 unspecified atom stereocenters. The van der Waals surface area contributed by atoms with E-state index in [2.05, 4.69) is 40.0 Å². The third-order valence-electron chi connectivity index (χ3n) is 3.96. The fourth-order valence-corrected chi connectivity index (χ4v) is 2.81. The van der Waals surface area contributed by atoms with Crippen LogP contribution >= 0.6 is 0 Å². The number of rotatable bonds is 7. The predicted octanol–water partition coefficient (Wildman–Crippen LogP) is 1.68. The van der Waals surface area contributed by atoms with Gasteiger partial charge < -0.3 is 10.4 Å². The molecule has 0 fully saturated rings. The van der Waals surface area contributed by atoms with Gasteiger partial charge in [-0.05, 0) is 30.5 Å². The Labute approximate surface area is 143 Å². The van der Waals surface area contributed by atoms with E-state index in [0.717, 1.165) is 19.5 Å². The number of nitrogens with zero attached hydrogens (tertiary/aromatic N) is 2. The van der Waals surface area contributed by atoms with Gasteiger partial charge in [-0.25, -0.2) is 0 Å². The van der Waals surface area contributed by atoms with Gasteiger partial charge in [-0.2, -0.15) is 0 Å². The predicted molar refractivity (Wildman–Crippen MR) is 96.9 cm³/mol. The number of aliphatic hydroxyl groups excluding tert-OH is 1. The molecule has 5 nitrogen and oxygen atoms in total. The van der Waals surface area contributed by atoms with Crippen LogP contribution in [0.5, 0.6) is 0 Å². The van der Waals surface area contributed by atoms with E-state index in [-0.39, 0.29) is 18.2 Å². The van der Waals surface area contributed by atoms with Gasteiger partial charge in [-0.3, -0.25) is 14.7 Å². The first-order valence-electron chi connectivity index (χ1n) is 8.20. The zero-order chi connectivity index (χ0) is 17.4. The molecule has 1 aliphatic heterocycles. The maximum atomic E-state index is 12.0. The molecule has 2 N–H and O–H groups in total. The standard InChI is InChI=1S/C19H25N3O2/c1-3-7-18(20-4-2)19(24)21-12-17(23)14-22-11-10-15-8-5-6-9-16(15)13-22/h3-9,17,23H,2,10-14H2,1H3,(H,21,24)/b7-3-,20-18?/t17-/m1/s1. The largest absolute Gasteiger partial charge is 0.390 e. The first-order valence-corrected chi connectivity index (χ1v) is 8.20. The van der Waals surface area contributed by atoms with Crippen molar-refractivity contribution in [3.63, 3.8) is 0 Å². The van der Waals surface area contributed by atoms with Crippen molar-refractivity contribution in [2.24, 2.45) is 4.99 Å². The Morgan fingerprint density at radius 2 is 2.21 bits per heavy atom. The Balaban J connectivity index is 1.81. The minimum atomic E-state index is -0.616. The number of benzene rings is 1. The number of allylic oxidation sites excluding steroid dienone is 1. The van der Waals surface area contributed by atoms with Crippen molar-refractivity contribution in [1.82, 2.24) is 10.2 Å². The summed E-state index contributed by atoms with van der Waals surface area (Å²) in [6.07, 6.45) is 5.06. The quantitative estimate of drug-likeness (QED) is 0.749. The fraction of sp³-hybridized carbons (Fsp3) is 0.368. The van der Waals surface area contributed by atoms with Gasteiger partial charge in [-0.1, -0.05) is 36.9 Å². The minimum absolute atomic E-state index is 0.199. The number of hydrogen-bond acceptors (Lipinski definition) is 4. The molecule has 5 heteroatoms. The summed E-state index contributed by atoms with van der Waals surface area (Å²) in [6, 6.07) is 8.39. The van der Waals surface area contributed by atoms with Crippen molar-refractivity contribution in [3.8, 4) is 0 Å². The van der Waals surface area contributed by atoms with E-state index < -0.39 is 6.10 Å². The molecule has 1 amide bonds. The Bertz CT molecular complexity index is 637. The van der Waals surface area contributed by atoms with Crippen LogP contribution in [0.2, 0.25) is 0 Å². The number of carbonyl (C=O) groups excluding carboxylic acids is 1. The van der Waals surface area contributed by atoms with Crippen molar-refractivity contribution < 1.29 is 9.90 Å². The second-order valence-corrected chi connectivity index (χ2v) is 5.81. The molecule has 1 heterocycles. The van der Waals surface area contributed by atoms with E-state index in [1.807, 2.05) is 13.0 Å². The molecule has 0 saturated carbocycles. The Kier molecular flexibility index (Phi) is 6.90. The van der Waals surface area contributed by atoms with Gasteiger partial charge >= 0.3 is 0 Å². The van der Waals surface area contributed by atoms with Gasteiger partial charge in [0, 0.05) is 32.4 Å². The topological polar surface area (TPSA) is 64.9 Å². The second-order valence-electron chi connectivity index (χ2n) is 5.81. The third kappa shape index (κ3) is 5.15. The summed E-state index contributed by atoms with van der Waals surface area (Å²) in [5.41, 5.74) is 2.98. The number of aliphatic imine (C=N–C) groups is 1. The Hall–Kier alpha value is -2.24. The van der Waals surface area contributed by atoms with Crippen LogP contribution in [0.25, 0.3) is 0 Å². The summed E-state index contributed by atoms with van der Waals surface area (Å²) >= 11 is 0. The molecule has 0 spiro atoms. The molecular weight excluding hydrogens is 302 g/mol. The molecule has 2 rings (SSSR count). The molecule has 0 aromatic heterocycles. The summed E-state index contributed by atoms with van der Waals surface area (Å²) in [7, 11) is 0. The molecule has 1 atom stereocenters. The van der Waals surface area contributed by atoms with Crippen molar-refractivity contribution in [2.45, 2.75) is 26.0 Å². The third-order valence-corrected chi connectivity index (χ3v) is 3.96. The van der Waals surface area contributed by atoms with Crippen LogP contribution in [0.1, 0.15) is 18.1 Å². The van der Waals surface area contributed by atoms with Crippen LogP contribution in [-0.2, 0) is 17.8 Å². The molecule has 128 valence electrons. The van der Waals surface area contributed by atoms with Gasteiger partial charge in [-0.15, -0.1) is 0 Å². The van der Waals surface area contributed by atoms with Crippen LogP contribution < -0.4 is 5.32 Å². The maximum Gasteiger partial charge on any atom is 0.269 e. The van der Waals surface area contributed by atoms with E-state index in [9.17, 15) is 9.90 Å². The lowest BCUT2D eigenvalue weighted by molar-refractivity contribution is -0.115.